The Kier molecular flexibility index (Phi) is 5.41. The molecule has 0 heterocycles. The first-order valence-electron chi connectivity index (χ1n) is 7.98. The summed E-state index contributed by atoms with van der Waals surface area (Å²) in [6, 6.07) is 25.3. The Balaban J connectivity index is 2.10. The van der Waals surface area contributed by atoms with Crippen LogP contribution in [-0.2, 0) is 10.1 Å². The summed E-state index contributed by atoms with van der Waals surface area (Å²) in [5, 5.41) is 0. The molecular weight excluding hydrogens is 346 g/mol. The average molecular weight is 363 g/mol. The van der Waals surface area contributed by atoms with Crippen LogP contribution in [0.1, 0.15) is 11.1 Å². The van der Waals surface area contributed by atoms with Crippen LogP contribution >= 0.6 is 0 Å². The fourth-order valence-electron chi connectivity index (χ4n) is 2.44. The number of hydrogen-bond donors (Lipinski definition) is 1. The molecule has 0 atom stereocenters. The lowest BCUT2D eigenvalue weighted by Gasteiger charge is -2.06. The largest absolute Gasteiger partial charge is 0.296 e. The Morgan fingerprint density at radius 3 is 2.04 bits per heavy atom. The maximum atomic E-state index is 11.6. The van der Waals surface area contributed by atoms with Gasteiger partial charge in [0.1, 0.15) is 4.90 Å². The van der Waals surface area contributed by atoms with Crippen LogP contribution in [-0.4, -0.2) is 18.7 Å². The van der Waals surface area contributed by atoms with Gasteiger partial charge >= 0.3 is 0 Å². The number of nitrogens with zero attached hydrogens (tertiary/aromatic N) is 1. The first kappa shape index (κ1) is 17.8. The normalized spacial score (nSPS) is 12.4. The minimum absolute atomic E-state index is 0.187. The highest BCUT2D eigenvalue weighted by Crippen LogP contribution is 2.25. The van der Waals surface area contributed by atoms with Gasteiger partial charge in [0.15, 0.2) is 0 Å². The van der Waals surface area contributed by atoms with E-state index in [1.54, 1.807) is 18.2 Å². The molecule has 0 aliphatic heterocycles. The van der Waals surface area contributed by atoms with Crippen molar-refractivity contribution in [3.05, 3.63) is 102 Å². The molecule has 0 aromatic heterocycles. The molecule has 0 aliphatic rings. The first-order valence-corrected chi connectivity index (χ1v) is 9.42. The molecule has 4 nitrogen and oxygen atoms in total. The van der Waals surface area contributed by atoms with E-state index in [9.17, 15) is 13.0 Å². The fourth-order valence-corrected chi connectivity index (χ4v) is 3.07. The van der Waals surface area contributed by atoms with Crippen molar-refractivity contribution in [3.63, 3.8) is 0 Å². The third-order valence-electron chi connectivity index (χ3n) is 3.69. The lowest BCUT2D eigenvalue weighted by Crippen LogP contribution is -2.00. The maximum Gasteiger partial charge on any atom is 0.296 e. The monoisotopic (exact) mass is 363 g/mol. The van der Waals surface area contributed by atoms with E-state index in [0.717, 1.165) is 11.1 Å². The number of rotatable bonds is 5. The van der Waals surface area contributed by atoms with Gasteiger partial charge in [0.05, 0.1) is 11.4 Å². The van der Waals surface area contributed by atoms with Gasteiger partial charge in [-0.25, -0.2) is 4.99 Å². The molecule has 130 valence electrons. The van der Waals surface area contributed by atoms with Gasteiger partial charge in [-0.2, -0.15) is 8.42 Å². The third kappa shape index (κ3) is 4.53. The molecule has 0 radical (unpaired) electrons. The van der Waals surface area contributed by atoms with Crippen LogP contribution in [0.25, 0.3) is 6.08 Å². The van der Waals surface area contributed by atoms with E-state index < -0.39 is 10.1 Å². The summed E-state index contributed by atoms with van der Waals surface area (Å²) < 4.78 is 32.7. The van der Waals surface area contributed by atoms with Gasteiger partial charge in [0.2, 0.25) is 0 Å². The van der Waals surface area contributed by atoms with Crippen molar-refractivity contribution in [2.45, 2.75) is 4.90 Å². The Bertz CT molecular complexity index is 1040. The fraction of sp³-hybridized carbons (Fsp3) is 0. The zero-order chi connectivity index (χ0) is 18.4. The van der Waals surface area contributed by atoms with E-state index in [4.69, 9.17) is 0 Å². The first-order chi connectivity index (χ1) is 12.5. The smallest absolute Gasteiger partial charge is 0.282 e. The van der Waals surface area contributed by atoms with Crippen molar-refractivity contribution in [1.82, 2.24) is 0 Å². The van der Waals surface area contributed by atoms with Gasteiger partial charge in [0.25, 0.3) is 10.1 Å². The van der Waals surface area contributed by atoms with Crippen molar-refractivity contribution in [3.8, 4) is 0 Å². The molecule has 0 spiro atoms. The van der Waals surface area contributed by atoms with Gasteiger partial charge in [-0.1, -0.05) is 78.9 Å². The van der Waals surface area contributed by atoms with Crippen molar-refractivity contribution in [2.24, 2.45) is 4.99 Å². The molecule has 3 rings (SSSR count). The molecule has 0 amide bonds. The van der Waals surface area contributed by atoms with Gasteiger partial charge in [0, 0.05) is 5.56 Å². The lowest BCUT2D eigenvalue weighted by molar-refractivity contribution is 0.483. The third-order valence-corrected chi connectivity index (χ3v) is 4.59. The van der Waals surface area contributed by atoms with Gasteiger partial charge in [-0.05, 0) is 23.8 Å². The van der Waals surface area contributed by atoms with Crippen LogP contribution in [0.2, 0.25) is 0 Å². The summed E-state index contributed by atoms with van der Waals surface area (Å²) >= 11 is 0. The van der Waals surface area contributed by atoms with Crippen LogP contribution in [0.4, 0.5) is 5.69 Å². The van der Waals surface area contributed by atoms with Crippen LogP contribution in [0.15, 0.2) is 101 Å². The summed E-state index contributed by atoms with van der Waals surface area (Å²) in [7, 11) is -4.36. The summed E-state index contributed by atoms with van der Waals surface area (Å²) in [5.41, 5.74) is 2.61. The predicted molar refractivity (Wildman–Crippen MR) is 104 cm³/mol. The molecule has 26 heavy (non-hydrogen) atoms. The Morgan fingerprint density at radius 2 is 1.38 bits per heavy atom. The van der Waals surface area contributed by atoms with E-state index in [2.05, 4.69) is 4.99 Å². The number of allylic oxidation sites excluding steroid dienone is 1. The number of aliphatic imine (C=N–C) groups is 1. The topological polar surface area (TPSA) is 66.7 Å². The van der Waals surface area contributed by atoms with Gasteiger partial charge in [-0.3, -0.25) is 4.55 Å². The molecule has 0 saturated carbocycles. The van der Waals surface area contributed by atoms with Crippen LogP contribution in [0, 0.1) is 0 Å². The SMILES string of the molecule is O=S(=O)(O)c1ccccc1N=C(C=Cc1ccccc1)c1ccccc1. The number of benzene rings is 3. The highest BCUT2D eigenvalue weighted by atomic mass is 32.2. The number of hydrogen-bond acceptors (Lipinski definition) is 3. The van der Waals surface area contributed by atoms with E-state index >= 15 is 0 Å². The molecule has 0 unspecified atom stereocenters. The summed E-state index contributed by atoms with van der Waals surface area (Å²) in [5.74, 6) is 0. The molecular formula is C21H17NO3S. The lowest BCUT2D eigenvalue weighted by atomic mass is 10.1. The molecule has 0 saturated heterocycles. The average Bonchev–Trinajstić information content (AvgIpc) is 2.66. The van der Waals surface area contributed by atoms with E-state index in [-0.39, 0.29) is 10.6 Å². The Labute approximate surface area is 152 Å². The minimum atomic E-state index is -4.36. The second-order valence-corrected chi connectivity index (χ2v) is 6.94. The van der Waals surface area contributed by atoms with Crippen molar-refractivity contribution < 1.29 is 13.0 Å². The summed E-state index contributed by atoms with van der Waals surface area (Å²) in [6.07, 6.45) is 3.73. The van der Waals surface area contributed by atoms with Gasteiger partial charge < -0.3 is 0 Å². The molecule has 0 bridgehead atoms. The van der Waals surface area contributed by atoms with Crippen molar-refractivity contribution in [1.29, 1.82) is 0 Å². The van der Waals surface area contributed by atoms with Crippen molar-refractivity contribution >= 4 is 27.6 Å². The van der Waals surface area contributed by atoms with Crippen LogP contribution in [0.5, 0.6) is 0 Å². The highest BCUT2D eigenvalue weighted by molar-refractivity contribution is 7.86. The maximum absolute atomic E-state index is 11.6. The molecule has 0 fully saturated rings. The van der Waals surface area contributed by atoms with Gasteiger partial charge in [-0.15, -0.1) is 0 Å². The molecule has 5 heteroatoms. The summed E-state index contributed by atoms with van der Waals surface area (Å²) in [4.78, 5) is 4.28. The second-order valence-electron chi connectivity index (χ2n) is 5.55. The highest BCUT2D eigenvalue weighted by Gasteiger charge is 2.14. The van der Waals surface area contributed by atoms with Crippen LogP contribution < -0.4 is 0 Å². The molecule has 3 aromatic carbocycles. The Hall–Kier alpha value is -3.02. The van der Waals surface area contributed by atoms with E-state index in [1.165, 1.54) is 6.07 Å². The predicted octanol–water partition coefficient (Wildman–Crippen LogP) is 4.77. The zero-order valence-electron chi connectivity index (χ0n) is 13.9. The number of para-hydroxylation sites is 1. The molecule has 1 N–H and O–H groups in total. The Morgan fingerprint density at radius 1 is 0.808 bits per heavy atom. The molecule has 0 aliphatic carbocycles. The minimum Gasteiger partial charge on any atom is -0.282 e. The zero-order valence-corrected chi connectivity index (χ0v) is 14.7. The summed E-state index contributed by atoms with van der Waals surface area (Å²) in [6.45, 7) is 0. The van der Waals surface area contributed by atoms with E-state index in [1.807, 2.05) is 72.8 Å². The van der Waals surface area contributed by atoms with Crippen molar-refractivity contribution in [2.75, 3.05) is 0 Å². The van der Waals surface area contributed by atoms with E-state index in [0.29, 0.717) is 5.71 Å². The second kappa shape index (κ2) is 7.91. The standard InChI is InChI=1S/C21H17NO3S/c23-26(24,25)21-14-8-7-13-20(21)22-19(18-11-5-2-6-12-18)16-15-17-9-3-1-4-10-17/h1-16H,(H,23,24,25). The van der Waals surface area contributed by atoms with Crippen LogP contribution in [0.3, 0.4) is 0 Å². The molecule has 3 aromatic rings. The quantitative estimate of drug-likeness (QED) is 0.524.